The van der Waals surface area contributed by atoms with Crippen molar-refractivity contribution in [1.29, 1.82) is 0 Å². The van der Waals surface area contributed by atoms with E-state index in [0.29, 0.717) is 0 Å². The van der Waals surface area contributed by atoms with Crippen molar-refractivity contribution in [2.45, 2.75) is 18.5 Å². The predicted molar refractivity (Wildman–Crippen MR) is 57.1 cm³/mol. The highest BCUT2D eigenvalue weighted by Crippen LogP contribution is 2.12. The summed E-state index contributed by atoms with van der Waals surface area (Å²) in [6.45, 7) is 4.35. The maximum absolute atomic E-state index is 4.23. The van der Waals surface area contributed by atoms with Gasteiger partial charge in [0, 0.05) is 31.7 Å². The maximum atomic E-state index is 4.23. The van der Waals surface area contributed by atoms with Crippen molar-refractivity contribution in [3.63, 3.8) is 0 Å². The van der Waals surface area contributed by atoms with E-state index in [2.05, 4.69) is 17.2 Å². The van der Waals surface area contributed by atoms with Gasteiger partial charge in [0.1, 0.15) is 0 Å². The lowest BCUT2D eigenvalue weighted by Crippen LogP contribution is -2.17. The van der Waals surface area contributed by atoms with Crippen LogP contribution in [-0.4, -0.2) is 28.4 Å². The van der Waals surface area contributed by atoms with Crippen LogP contribution >= 0.6 is 11.8 Å². The normalized spacial score (nSPS) is 10.6. The molecule has 0 spiro atoms. The standard InChI is InChI=1S/C9H17N3S/c1-3-4-10-6-8-13-9-11-5-7-12(9)2/h5,7,10H,3-4,6,8H2,1-2H3. The second-order valence-corrected chi connectivity index (χ2v) is 3.98. The van der Waals surface area contributed by atoms with Crippen LogP contribution in [0.1, 0.15) is 13.3 Å². The Morgan fingerprint density at radius 1 is 1.54 bits per heavy atom. The van der Waals surface area contributed by atoms with Crippen LogP contribution in [0.25, 0.3) is 0 Å². The van der Waals surface area contributed by atoms with Crippen LogP contribution in [0.15, 0.2) is 17.6 Å². The largest absolute Gasteiger partial charge is 0.329 e. The van der Waals surface area contributed by atoms with E-state index in [1.54, 1.807) is 11.8 Å². The van der Waals surface area contributed by atoms with E-state index >= 15 is 0 Å². The fourth-order valence-electron chi connectivity index (χ4n) is 1.01. The molecular weight excluding hydrogens is 182 g/mol. The SMILES string of the molecule is CCCNCCSc1nccn1C. The quantitative estimate of drug-likeness (QED) is 0.556. The van der Waals surface area contributed by atoms with Crippen LogP contribution in [0.2, 0.25) is 0 Å². The van der Waals surface area contributed by atoms with Crippen molar-refractivity contribution < 1.29 is 0 Å². The molecule has 3 nitrogen and oxygen atoms in total. The lowest BCUT2D eigenvalue weighted by atomic mass is 10.5. The van der Waals surface area contributed by atoms with E-state index in [4.69, 9.17) is 0 Å². The molecule has 0 radical (unpaired) electrons. The summed E-state index contributed by atoms with van der Waals surface area (Å²) in [6, 6.07) is 0. The number of hydrogen-bond acceptors (Lipinski definition) is 3. The first-order chi connectivity index (χ1) is 6.34. The van der Waals surface area contributed by atoms with E-state index in [0.717, 1.165) is 24.0 Å². The molecule has 0 unspecified atom stereocenters. The monoisotopic (exact) mass is 199 g/mol. The molecule has 0 bridgehead atoms. The summed E-state index contributed by atoms with van der Waals surface area (Å²) in [5.41, 5.74) is 0. The molecule has 0 saturated carbocycles. The fourth-order valence-corrected chi connectivity index (χ4v) is 1.84. The Labute approximate surface area is 83.9 Å². The third kappa shape index (κ3) is 3.83. The topological polar surface area (TPSA) is 29.9 Å². The van der Waals surface area contributed by atoms with Gasteiger partial charge in [0.05, 0.1) is 0 Å². The van der Waals surface area contributed by atoms with Gasteiger partial charge in [0.2, 0.25) is 0 Å². The number of aryl methyl sites for hydroxylation is 1. The van der Waals surface area contributed by atoms with Gasteiger partial charge >= 0.3 is 0 Å². The summed E-state index contributed by atoms with van der Waals surface area (Å²) in [5, 5.41) is 4.45. The minimum Gasteiger partial charge on any atom is -0.329 e. The summed E-state index contributed by atoms with van der Waals surface area (Å²) in [4.78, 5) is 4.23. The summed E-state index contributed by atoms with van der Waals surface area (Å²) < 4.78 is 2.05. The van der Waals surface area contributed by atoms with Crippen LogP contribution in [0, 0.1) is 0 Å². The maximum Gasteiger partial charge on any atom is 0.167 e. The van der Waals surface area contributed by atoms with Crippen LogP contribution < -0.4 is 5.32 Å². The zero-order chi connectivity index (χ0) is 9.52. The number of rotatable bonds is 6. The van der Waals surface area contributed by atoms with E-state index in [1.165, 1.54) is 6.42 Å². The van der Waals surface area contributed by atoms with Gasteiger partial charge in [0.25, 0.3) is 0 Å². The van der Waals surface area contributed by atoms with Crippen LogP contribution in [0.4, 0.5) is 0 Å². The molecule has 0 aromatic carbocycles. The molecule has 0 atom stereocenters. The Morgan fingerprint density at radius 3 is 3.00 bits per heavy atom. The molecule has 1 aromatic heterocycles. The Balaban J connectivity index is 2.10. The summed E-state index contributed by atoms with van der Waals surface area (Å²) >= 11 is 1.79. The fraction of sp³-hybridized carbons (Fsp3) is 0.667. The molecule has 1 aromatic rings. The first-order valence-corrected chi connectivity index (χ1v) is 5.64. The second-order valence-electron chi connectivity index (χ2n) is 2.92. The third-order valence-electron chi connectivity index (χ3n) is 1.71. The molecule has 1 N–H and O–H groups in total. The molecule has 1 rings (SSSR count). The number of hydrogen-bond donors (Lipinski definition) is 1. The van der Waals surface area contributed by atoms with Crippen molar-refractivity contribution >= 4 is 11.8 Å². The number of nitrogens with zero attached hydrogens (tertiary/aromatic N) is 2. The lowest BCUT2D eigenvalue weighted by molar-refractivity contribution is 0.706. The summed E-state index contributed by atoms with van der Waals surface area (Å²) in [7, 11) is 2.02. The molecule has 1 heterocycles. The minimum atomic E-state index is 1.06. The lowest BCUT2D eigenvalue weighted by Gasteiger charge is -2.02. The van der Waals surface area contributed by atoms with E-state index < -0.39 is 0 Å². The van der Waals surface area contributed by atoms with Gasteiger partial charge in [-0.25, -0.2) is 4.98 Å². The molecule has 74 valence electrons. The molecule has 13 heavy (non-hydrogen) atoms. The Morgan fingerprint density at radius 2 is 2.38 bits per heavy atom. The van der Waals surface area contributed by atoms with Crippen molar-refractivity contribution in [2.24, 2.45) is 7.05 Å². The molecule has 0 amide bonds. The zero-order valence-corrected chi connectivity index (χ0v) is 9.10. The molecule has 4 heteroatoms. The summed E-state index contributed by atoms with van der Waals surface area (Å²) in [6.07, 6.45) is 5.01. The average Bonchev–Trinajstić information content (AvgIpc) is 2.52. The first-order valence-electron chi connectivity index (χ1n) is 4.65. The van der Waals surface area contributed by atoms with Gasteiger partial charge in [-0.2, -0.15) is 0 Å². The smallest absolute Gasteiger partial charge is 0.167 e. The van der Waals surface area contributed by atoms with E-state index in [-0.39, 0.29) is 0 Å². The van der Waals surface area contributed by atoms with E-state index in [9.17, 15) is 0 Å². The van der Waals surface area contributed by atoms with Gasteiger partial charge in [-0.05, 0) is 13.0 Å². The van der Waals surface area contributed by atoms with Crippen molar-refractivity contribution in [1.82, 2.24) is 14.9 Å². The summed E-state index contributed by atoms with van der Waals surface area (Å²) in [5.74, 6) is 1.09. The Bertz CT molecular complexity index is 235. The van der Waals surface area contributed by atoms with Crippen molar-refractivity contribution in [2.75, 3.05) is 18.8 Å². The van der Waals surface area contributed by atoms with Crippen molar-refractivity contribution in [3.05, 3.63) is 12.4 Å². The molecule has 0 aliphatic rings. The van der Waals surface area contributed by atoms with Gasteiger partial charge in [-0.1, -0.05) is 18.7 Å². The molecule has 0 aliphatic heterocycles. The second kappa shape index (κ2) is 6.05. The first kappa shape index (κ1) is 10.6. The van der Waals surface area contributed by atoms with Gasteiger partial charge in [-0.3, -0.25) is 0 Å². The zero-order valence-electron chi connectivity index (χ0n) is 8.29. The van der Waals surface area contributed by atoms with Crippen molar-refractivity contribution in [3.8, 4) is 0 Å². The van der Waals surface area contributed by atoms with Crippen LogP contribution in [0.5, 0.6) is 0 Å². The molecular formula is C9H17N3S. The third-order valence-corrected chi connectivity index (χ3v) is 2.77. The van der Waals surface area contributed by atoms with Gasteiger partial charge < -0.3 is 9.88 Å². The number of nitrogens with one attached hydrogen (secondary N) is 1. The molecule has 0 saturated heterocycles. The van der Waals surface area contributed by atoms with Gasteiger partial charge in [-0.15, -0.1) is 0 Å². The van der Waals surface area contributed by atoms with Crippen LogP contribution in [0.3, 0.4) is 0 Å². The highest BCUT2D eigenvalue weighted by atomic mass is 32.2. The number of imidazole rings is 1. The van der Waals surface area contributed by atoms with E-state index in [1.807, 2.05) is 24.0 Å². The van der Waals surface area contributed by atoms with Crippen LogP contribution in [-0.2, 0) is 7.05 Å². The van der Waals surface area contributed by atoms with Gasteiger partial charge in [0.15, 0.2) is 5.16 Å². The minimum absolute atomic E-state index is 1.06. The predicted octanol–water partition coefficient (Wildman–Crippen LogP) is 1.51. The highest BCUT2D eigenvalue weighted by molar-refractivity contribution is 7.99. The number of thioether (sulfide) groups is 1. The Kier molecular flexibility index (Phi) is 4.93. The average molecular weight is 199 g/mol. The molecule has 0 fully saturated rings. The molecule has 0 aliphatic carbocycles. The number of aromatic nitrogens is 2. The Hall–Kier alpha value is -0.480. The highest BCUT2D eigenvalue weighted by Gasteiger charge is 1.97.